The van der Waals surface area contributed by atoms with E-state index in [1.54, 1.807) is 22.8 Å². The van der Waals surface area contributed by atoms with Gasteiger partial charge in [-0.05, 0) is 42.8 Å². The summed E-state index contributed by atoms with van der Waals surface area (Å²) in [5.74, 6) is 0. The van der Waals surface area contributed by atoms with Crippen LogP contribution in [0.3, 0.4) is 0 Å². The summed E-state index contributed by atoms with van der Waals surface area (Å²) in [6.07, 6.45) is 0. The van der Waals surface area contributed by atoms with E-state index in [1.807, 2.05) is 43.3 Å². The Hall–Kier alpha value is -3.07. The van der Waals surface area contributed by atoms with Crippen molar-refractivity contribution in [3.63, 3.8) is 0 Å². The Balaban J connectivity index is 1.97. The molecule has 0 spiro atoms. The summed E-state index contributed by atoms with van der Waals surface area (Å²) >= 11 is 7.60. The molecule has 2 aromatic carbocycles. The summed E-state index contributed by atoms with van der Waals surface area (Å²) < 4.78 is 1.56. The van der Waals surface area contributed by atoms with E-state index >= 15 is 0 Å². The number of anilines is 2. The predicted molar refractivity (Wildman–Crippen MR) is 112 cm³/mol. The van der Waals surface area contributed by atoms with Crippen LogP contribution in [-0.4, -0.2) is 4.57 Å². The molecule has 6 heteroatoms. The SMILES string of the molecule is Cc1cccc(Nc2c(C#N)sc3c2ccc(=O)n3-c2ccccc2Cl)c1. The number of para-hydroxylation sites is 1. The van der Waals surface area contributed by atoms with Crippen LogP contribution in [0.1, 0.15) is 10.4 Å². The van der Waals surface area contributed by atoms with Crippen LogP contribution in [0.15, 0.2) is 65.5 Å². The number of pyridine rings is 1. The topological polar surface area (TPSA) is 57.8 Å². The average molecular weight is 392 g/mol. The summed E-state index contributed by atoms with van der Waals surface area (Å²) in [6, 6.07) is 20.6. The number of benzene rings is 2. The molecule has 2 aromatic heterocycles. The van der Waals surface area contributed by atoms with Gasteiger partial charge in [0, 0.05) is 17.1 Å². The second kappa shape index (κ2) is 6.92. The van der Waals surface area contributed by atoms with Crippen molar-refractivity contribution in [3.05, 3.63) is 86.5 Å². The van der Waals surface area contributed by atoms with Crippen molar-refractivity contribution < 1.29 is 0 Å². The molecule has 4 rings (SSSR count). The molecule has 27 heavy (non-hydrogen) atoms. The van der Waals surface area contributed by atoms with Crippen LogP contribution < -0.4 is 10.9 Å². The van der Waals surface area contributed by atoms with Crippen LogP contribution in [0, 0.1) is 18.3 Å². The smallest absolute Gasteiger partial charge is 0.256 e. The molecule has 0 aliphatic carbocycles. The van der Waals surface area contributed by atoms with Gasteiger partial charge in [-0.1, -0.05) is 35.9 Å². The second-order valence-corrected chi connectivity index (χ2v) is 7.50. The minimum Gasteiger partial charge on any atom is -0.353 e. The number of nitrogens with one attached hydrogen (secondary N) is 1. The highest BCUT2D eigenvalue weighted by atomic mass is 35.5. The minimum absolute atomic E-state index is 0.191. The molecule has 0 aliphatic rings. The second-order valence-electron chi connectivity index (χ2n) is 6.09. The van der Waals surface area contributed by atoms with Crippen LogP contribution >= 0.6 is 22.9 Å². The van der Waals surface area contributed by atoms with E-state index in [4.69, 9.17) is 11.6 Å². The highest BCUT2D eigenvalue weighted by Crippen LogP contribution is 2.38. The Morgan fingerprint density at radius 1 is 1.11 bits per heavy atom. The number of nitriles is 1. The molecule has 0 saturated carbocycles. The maximum absolute atomic E-state index is 12.6. The molecule has 4 nitrogen and oxygen atoms in total. The maximum atomic E-state index is 12.6. The number of hydrogen-bond donors (Lipinski definition) is 1. The van der Waals surface area contributed by atoms with Crippen molar-refractivity contribution >= 4 is 44.5 Å². The molecule has 0 aliphatic heterocycles. The lowest BCUT2D eigenvalue weighted by molar-refractivity contribution is 1.06. The van der Waals surface area contributed by atoms with E-state index in [9.17, 15) is 10.1 Å². The van der Waals surface area contributed by atoms with Gasteiger partial charge in [-0.2, -0.15) is 5.26 Å². The molecule has 0 unspecified atom stereocenters. The Morgan fingerprint density at radius 3 is 2.67 bits per heavy atom. The van der Waals surface area contributed by atoms with Gasteiger partial charge >= 0.3 is 0 Å². The summed E-state index contributed by atoms with van der Waals surface area (Å²) in [4.78, 5) is 13.8. The predicted octanol–water partition coefficient (Wildman–Crippen LogP) is 5.63. The quantitative estimate of drug-likeness (QED) is 0.492. The first kappa shape index (κ1) is 17.3. The van der Waals surface area contributed by atoms with Crippen molar-refractivity contribution in [3.8, 4) is 11.8 Å². The van der Waals surface area contributed by atoms with E-state index in [0.717, 1.165) is 16.6 Å². The molecular formula is C21H14ClN3OS. The average Bonchev–Trinajstić information content (AvgIpc) is 3.00. The van der Waals surface area contributed by atoms with E-state index in [0.29, 0.717) is 26.1 Å². The van der Waals surface area contributed by atoms with Crippen molar-refractivity contribution in [2.45, 2.75) is 6.92 Å². The molecule has 1 N–H and O–H groups in total. The van der Waals surface area contributed by atoms with Crippen molar-refractivity contribution in [2.24, 2.45) is 0 Å². The Bertz CT molecular complexity index is 1270. The van der Waals surface area contributed by atoms with Crippen LogP contribution in [0.4, 0.5) is 11.4 Å². The lowest BCUT2D eigenvalue weighted by Crippen LogP contribution is -2.16. The number of aryl methyl sites for hydroxylation is 1. The number of fused-ring (bicyclic) bond motifs is 1. The lowest BCUT2D eigenvalue weighted by atomic mass is 10.2. The third-order valence-corrected chi connectivity index (χ3v) is 5.64. The third kappa shape index (κ3) is 3.10. The highest BCUT2D eigenvalue weighted by Gasteiger charge is 2.18. The van der Waals surface area contributed by atoms with Crippen LogP contribution in [-0.2, 0) is 0 Å². The summed E-state index contributed by atoms with van der Waals surface area (Å²) in [7, 11) is 0. The summed E-state index contributed by atoms with van der Waals surface area (Å²) in [5.41, 5.74) is 3.11. The zero-order chi connectivity index (χ0) is 19.0. The number of nitrogens with zero attached hydrogens (tertiary/aromatic N) is 2. The monoisotopic (exact) mass is 391 g/mol. The molecule has 0 atom stereocenters. The molecule has 0 fully saturated rings. The van der Waals surface area contributed by atoms with Crippen molar-refractivity contribution in [1.29, 1.82) is 5.26 Å². The fourth-order valence-electron chi connectivity index (χ4n) is 3.01. The Labute approximate surface area is 164 Å². The Kier molecular flexibility index (Phi) is 4.44. The van der Waals surface area contributed by atoms with Crippen LogP contribution in [0.2, 0.25) is 5.02 Å². The normalized spacial score (nSPS) is 10.7. The van der Waals surface area contributed by atoms with E-state index in [2.05, 4.69) is 11.4 Å². The van der Waals surface area contributed by atoms with E-state index in [1.165, 1.54) is 17.4 Å². The van der Waals surface area contributed by atoms with Crippen molar-refractivity contribution in [1.82, 2.24) is 4.57 Å². The molecule has 2 heterocycles. The first-order valence-corrected chi connectivity index (χ1v) is 9.45. The molecular weight excluding hydrogens is 378 g/mol. The number of aromatic nitrogens is 1. The first-order chi connectivity index (χ1) is 13.1. The zero-order valence-electron chi connectivity index (χ0n) is 14.4. The van der Waals surface area contributed by atoms with E-state index < -0.39 is 0 Å². The molecule has 0 radical (unpaired) electrons. The van der Waals surface area contributed by atoms with Crippen LogP contribution in [0.5, 0.6) is 0 Å². The van der Waals surface area contributed by atoms with E-state index in [-0.39, 0.29) is 5.56 Å². The number of halogens is 1. The van der Waals surface area contributed by atoms with Gasteiger partial charge in [0.05, 0.1) is 16.4 Å². The third-order valence-electron chi connectivity index (χ3n) is 4.22. The highest BCUT2D eigenvalue weighted by molar-refractivity contribution is 7.20. The zero-order valence-corrected chi connectivity index (χ0v) is 15.9. The number of rotatable bonds is 3. The minimum atomic E-state index is -0.191. The fraction of sp³-hybridized carbons (Fsp3) is 0.0476. The molecule has 132 valence electrons. The van der Waals surface area contributed by atoms with Gasteiger partial charge in [0.25, 0.3) is 5.56 Å². The fourth-order valence-corrected chi connectivity index (χ4v) is 4.30. The standard InChI is InChI=1S/C21H14ClN3OS/c1-13-5-4-6-14(11-13)24-20-15-9-10-19(26)25(21(15)27-18(20)12-23)17-8-3-2-7-16(17)22/h2-11,24H,1H3. The summed E-state index contributed by atoms with van der Waals surface area (Å²) in [5, 5.41) is 14.3. The number of thiophene rings is 1. The first-order valence-electron chi connectivity index (χ1n) is 8.26. The van der Waals surface area contributed by atoms with Gasteiger partial charge < -0.3 is 5.32 Å². The molecule has 0 saturated heterocycles. The summed E-state index contributed by atoms with van der Waals surface area (Å²) in [6.45, 7) is 2.01. The van der Waals surface area contributed by atoms with Gasteiger partial charge in [-0.3, -0.25) is 9.36 Å². The number of hydrogen-bond acceptors (Lipinski definition) is 4. The molecule has 4 aromatic rings. The Morgan fingerprint density at radius 2 is 1.93 bits per heavy atom. The van der Waals surface area contributed by atoms with Crippen molar-refractivity contribution in [2.75, 3.05) is 5.32 Å². The van der Waals surface area contributed by atoms with Gasteiger partial charge in [-0.15, -0.1) is 11.3 Å². The lowest BCUT2D eigenvalue weighted by Gasteiger charge is -2.10. The van der Waals surface area contributed by atoms with Crippen LogP contribution in [0.25, 0.3) is 15.9 Å². The molecule has 0 bridgehead atoms. The largest absolute Gasteiger partial charge is 0.353 e. The van der Waals surface area contributed by atoms with Gasteiger partial charge in [-0.25, -0.2) is 0 Å². The van der Waals surface area contributed by atoms with Gasteiger partial charge in [0.2, 0.25) is 0 Å². The van der Waals surface area contributed by atoms with Gasteiger partial charge in [0.15, 0.2) is 0 Å². The maximum Gasteiger partial charge on any atom is 0.256 e. The molecule has 0 amide bonds. The van der Waals surface area contributed by atoms with Gasteiger partial charge in [0.1, 0.15) is 15.8 Å².